The quantitative estimate of drug-likeness (QED) is 0.785. The molecule has 1 heterocycles. The summed E-state index contributed by atoms with van der Waals surface area (Å²) in [6.07, 6.45) is 7.31. The van der Waals surface area contributed by atoms with Crippen molar-refractivity contribution in [2.24, 2.45) is 11.7 Å². The lowest BCUT2D eigenvalue weighted by atomic mass is 9.79. The van der Waals surface area contributed by atoms with Crippen molar-refractivity contribution >= 4 is 0 Å². The third-order valence-corrected chi connectivity index (χ3v) is 5.31. The molecule has 2 saturated carbocycles. The first-order valence-corrected chi connectivity index (χ1v) is 8.05. The molecule has 4 nitrogen and oxygen atoms in total. The Bertz CT molecular complexity index is 300. The molecule has 3 rings (SSSR count). The van der Waals surface area contributed by atoms with Gasteiger partial charge in [-0.1, -0.05) is 0 Å². The van der Waals surface area contributed by atoms with Crippen LogP contribution >= 0.6 is 0 Å². The standard InChI is InChI=1S/C15H29N3O/c16-15(12-19)5-1-2-14(10-15)18-8-6-17(7-9-18)11-13-3-4-13/h13-14,19H,1-12,16H2. The Morgan fingerprint density at radius 2 is 1.84 bits per heavy atom. The molecular formula is C15H29N3O. The summed E-state index contributed by atoms with van der Waals surface area (Å²) in [6, 6.07) is 0.606. The number of hydrogen-bond donors (Lipinski definition) is 2. The number of piperazine rings is 1. The first-order chi connectivity index (χ1) is 9.18. The zero-order valence-electron chi connectivity index (χ0n) is 12.1. The molecule has 1 aliphatic heterocycles. The molecule has 4 heteroatoms. The van der Waals surface area contributed by atoms with Crippen LogP contribution in [0.4, 0.5) is 0 Å². The average Bonchev–Trinajstić information content (AvgIpc) is 3.24. The largest absolute Gasteiger partial charge is 0.394 e. The van der Waals surface area contributed by atoms with E-state index in [9.17, 15) is 5.11 Å². The van der Waals surface area contributed by atoms with Crippen LogP contribution in [-0.4, -0.2) is 65.8 Å². The highest BCUT2D eigenvalue weighted by atomic mass is 16.3. The van der Waals surface area contributed by atoms with Crippen molar-refractivity contribution in [1.29, 1.82) is 0 Å². The Labute approximate surface area is 116 Å². The summed E-state index contributed by atoms with van der Waals surface area (Å²) in [7, 11) is 0. The molecule has 3 aliphatic rings. The molecular weight excluding hydrogens is 238 g/mol. The van der Waals surface area contributed by atoms with Crippen LogP contribution in [0.25, 0.3) is 0 Å². The topological polar surface area (TPSA) is 52.7 Å². The first kappa shape index (κ1) is 13.8. The van der Waals surface area contributed by atoms with Gasteiger partial charge in [0, 0.05) is 44.3 Å². The highest BCUT2D eigenvalue weighted by Gasteiger charge is 2.36. The highest BCUT2D eigenvalue weighted by Crippen LogP contribution is 2.32. The maximum absolute atomic E-state index is 9.46. The van der Waals surface area contributed by atoms with Gasteiger partial charge in [0.1, 0.15) is 0 Å². The molecule has 110 valence electrons. The molecule has 2 atom stereocenters. The van der Waals surface area contributed by atoms with Crippen molar-refractivity contribution in [2.75, 3.05) is 39.3 Å². The summed E-state index contributed by atoms with van der Waals surface area (Å²) in [5.74, 6) is 1.01. The normalized spacial score (nSPS) is 38.5. The van der Waals surface area contributed by atoms with Crippen LogP contribution < -0.4 is 5.73 Å². The van der Waals surface area contributed by atoms with Crippen LogP contribution in [0.2, 0.25) is 0 Å². The summed E-state index contributed by atoms with van der Waals surface area (Å²) >= 11 is 0. The third-order valence-electron chi connectivity index (χ3n) is 5.31. The van der Waals surface area contributed by atoms with Gasteiger partial charge in [-0.25, -0.2) is 0 Å². The Hall–Kier alpha value is -0.160. The molecule has 0 amide bonds. The lowest BCUT2D eigenvalue weighted by molar-refractivity contribution is 0.0443. The lowest BCUT2D eigenvalue weighted by Gasteiger charge is -2.45. The van der Waals surface area contributed by atoms with Gasteiger partial charge in [0.05, 0.1) is 6.61 Å². The minimum Gasteiger partial charge on any atom is -0.394 e. The van der Waals surface area contributed by atoms with Gasteiger partial charge in [0.15, 0.2) is 0 Å². The molecule has 2 aliphatic carbocycles. The van der Waals surface area contributed by atoms with Crippen LogP contribution in [0.3, 0.4) is 0 Å². The van der Waals surface area contributed by atoms with Crippen LogP contribution in [0.5, 0.6) is 0 Å². The second kappa shape index (κ2) is 5.68. The minimum absolute atomic E-state index is 0.144. The predicted molar refractivity (Wildman–Crippen MR) is 77.0 cm³/mol. The van der Waals surface area contributed by atoms with Crippen molar-refractivity contribution in [2.45, 2.75) is 50.1 Å². The van der Waals surface area contributed by atoms with E-state index in [1.54, 1.807) is 0 Å². The molecule has 0 radical (unpaired) electrons. The second-order valence-electron chi connectivity index (χ2n) is 7.05. The molecule has 3 fully saturated rings. The fraction of sp³-hybridized carbons (Fsp3) is 1.00. The summed E-state index contributed by atoms with van der Waals surface area (Å²) in [4.78, 5) is 5.26. The number of aliphatic hydroxyl groups excluding tert-OH is 1. The van der Waals surface area contributed by atoms with Gasteiger partial charge < -0.3 is 15.7 Å². The lowest BCUT2D eigenvalue weighted by Crippen LogP contribution is -2.57. The molecule has 0 aromatic heterocycles. The van der Waals surface area contributed by atoms with E-state index in [-0.39, 0.29) is 12.1 Å². The molecule has 0 aromatic rings. The molecule has 3 N–H and O–H groups in total. The summed E-state index contributed by atoms with van der Waals surface area (Å²) < 4.78 is 0. The summed E-state index contributed by atoms with van der Waals surface area (Å²) in [6.45, 7) is 6.31. The molecule has 0 aromatic carbocycles. The van der Waals surface area contributed by atoms with E-state index in [1.165, 1.54) is 58.4 Å². The molecule has 2 unspecified atom stereocenters. The van der Waals surface area contributed by atoms with Gasteiger partial charge in [-0.3, -0.25) is 4.90 Å². The minimum atomic E-state index is -0.311. The van der Waals surface area contributed by atoms with Gasteiger partial charge in [0.25, 0.3) is 0 Å². The molecule has 0 spiro atoms. The van der Waals surface area contributed by atoms with E-state index in [2.05, 4.69) is 9.80 Å². The van der Waals surface area contributed by atoms with E-state index in [4.69, 9.17) is 5.73 Å². The first-order valence-electron chi connectivity index (χ1n) is 8.05. The smallest absolute Gasteiger partial charge is 0.0611 e. The van der Waals surface area contributed by atoms with E-state index in [1.807, 2.05) is 0 Å². The monoisotopic (exact) mass is 267 g/mol. The number of aliphatic hydroxyl groups is 1. The SMILES string of the molecule is NC1(CO)CCCC(N2CCN(CC3CC3)CC2)C1. The zero-order chi connectivity index (χ0) is 13.3. The predicted octanol–water partition coefficient (Wildman–Crippen LogP) is 0.646. The molecule has 1 saturated heterocycles. The van der Waals surface area contributed by atoms with Crippen LogP contribution in [-0.2, 0) is 0 Å². The van der Waals surface area contributed by atoms with E-state index >= 15 is 0 Å². The van der Waals surface area contributed by atoms with Gasteiger partial charge in [-0.2, -0.15) is 0 Å². The van der Waals surface area contributed by atoms with Crippen molar-refractivity contribution in [3.8, 4) is 0 Å². The fourth-order valence-electron chi connectivity index (χ4n) is 3.80. The van der Waals surface area contributed by atoms with Crippen molar-refractivity contribution in [1.82, 2.24) is 9.80 Å². The number of nitrogens with zero attached hydrogens (tertiary/aromatic N) is 2. The van der Waals surface area contributed by atoms with Crippen molar-refractivity contribution < 1.29 is 5.11 Å². The summed E-state index contributed by atoms with van der Waals surface area (Å²) in [5.41, 5.74) is 5.96. The highest BCUT2D eigenvalue weighted by molar-refractivity contribution is 4.95. The van der Waals surface area contributed by atoms with Gasteiger partial charge in [-0.15, -0.1) is 0 Å². The Morgan fingerprint density at radius 1 is 1.11 bits per heavy atom. The van der Waals surface area contributed by atoms with Gasteiger partial charge in [-0.05, 0) is 44.4 Å². The number of hydrogen-bond acceptors (Lipinski definition) is 4. The van der Waals surface area contributed by atoms with Gasteiger partial charge >= 0.3 is 0 Å². The Balaban J connectivity index is 1.47. The van der Waals surface area contributed by atoms with Crippen molar-refractivity contribution in [3.05, 3.63) is 0 Å². The fourth-order valence-corrected chi connectivity index (χ4v) is 3.80. The van der Waals surface area contributed by atoms with Crippen LogP contribution in [0.1, 0.15) is 38.5 Å². The molecule has 0 bridgehead atoms. The third kappa shape index (κ3) is 3.48. The molecule has 19 heavy (non-hydrogen) atoms. The van der Waals surface area contributed by atoms with Crippen LogP contribution in [0.15, 0.2) is 0 Å². The van der Waals surface area contributed by atoms with E-state index in [0.717, 1.165) is 18.8 Å². The number of nitrogens with two attached hydrogens (primary N) is 1. The van der Waals surface area contributed by atoms with Crippen molar-refractivity contribution in [3.63, 3.8) is 0 Å². The maximum atomic E-state index is 9.46. The Kier molecular flexibility index (Phi) is 4.13. The zero-order valence-corrected chi connectivity index (χ0v) is 12.1. The van der Waals surface area contributed by atoms with Gasteiger partial charge in [0.2, 0.25) is 0 Å². The second-order valence-corrected chi connectivity index (χ2v) is 7.05. The van der Waals surface area contributed by atoms with Crippen LogP contribution in [0, 0.1) is 5.92 Å². The Morgan fingerprint density at radius 3 is 2.47 bits per heavy atom. The van der Waals surface area contributed by atoms with E-state index in [0.29, 0.717) is 6.04 Å². The average molecular weight is 267 g/mol. The van der Waals surface area contributed by atoms with E-state index < -0.39 is 0 Å². The summed E-state index contributed by atoms with van der Waals surface area (Å²) in [5, 5.41) is 9.46. The maximum Gasteiger partial charge on any atom is 0.0611 e. The number of rotatable bonds is 4.